The number of amides is 2. The van der Waals surface area contributed by atoms with Crippen molar-refractivity contribution >= 4 is 11.8 Å². The molecule has 0 spiro atoms. The first-order valence-electron chi connectivity index (χ1n) is 15.2. The van der Waals surface area contributed by atoms with Gasteiger partial charge >= 0.3 is 0 Å². The smallest absolute Gasteiger partial charge is 0.229 e. The third kappa shape index (κ3) is 11.7. The van der Waals surface area contributed by atoms with Gasteiger partial charge in [0.2, 0.25) is 18.1 Å². The first-order chi connectivity index (χ1) is 21.6. The zero-order valence-corrected chi connectivity index (χ0v) is 25.2. The number of nitrogens with two attached hydrogens (primary N) is 1. The summed E-state index contributed by atoms with van der Waals surface area (Å²) in [6, 6.07) is 9.05. The summed E-state index contributed by atoms with van der Waals surface area (Å²) in [7, 11) is 0. The minimum atomic E-state index is -1.60. The van der Waals surface area contributed by atoms with E-state index >= 15 is 0 Å². The molecule has 1 heterocycles. The van der Waals surface area contributed by atoms with Gasteiger partial charge in [-0.15, -0.1) is 0 Å². The highest BCUT2D eigenvalue weighted by atomic mass is 16.7. The lowest BCUT2D eigenvalue weighted by molar-refractivity contribution is -0.655. The van der Waals surface area contributed by atoms with Crippen LogP contribution in [0.5, 0.6) is 23.0 Å². The van der Waals surface area contributed by atoms with Gasteiger partial charge in [0.15, 0.2) is 23.0 Å². The van der Waals surface area contributed by atoms with E-state index in [4.69, 9.17) is 9.47 Å². The van der Waals surface area contributed by atoms with Gasteiger partial charge in [-0.3, -0.25) is 9.59 Å². The number of aromatic hydroxyl groups is 3. The second-order valence-corrected chi connectivity index (χ2v) is 11.1. The van der Waals surface area contributed by atoms with Crippen molar-refractivity contribution in [2.24, 2.45) is 0 Å². The van der Waals surface area contributed by atoms with E-state index in [0.717, 1.165) is 37.9 Å². The fourth-order valence-electron chi connectivity index (χ4n) is 4.79. The van der Waals surface area contributed by atoms with Crippen LogP contribution in [0.4, 0.5) is 0 Å². The number of hydrogen-bond donors (Lipinski definition) is 10. The highest BCUT2D eigenvalue weighted by molar-refractivity contribution is 5.76. The Morgan fingerprint density at radius 3 is 1.98 bits per heavy atom. The molecule has 14 nitrogen and oxygen atoms in total. The van der Waals surface area contributed by atoms with E-state index in [-0.39, 0.29) is 41.2 Å². The van der Waals surface area contributed by atoms with E-state index in [1.807, 2.05) is 0 Å². The SMILES string of the molecule is O=C(CCc1ccc(O[C@@H]2O[C@H](CO)[C@@H](O)[C@H](O)[C@H]2O)c(O)c1)NCCCC[NH2+]CCCNC(=O)CCc1ccc(O)c(O)c1. The average Bonchev–Trinajstić information content (AvgIpc) is 3.02. The normalized spacial score (nSPS) is 21.3. The summed E-state index contributed by atoms with van der Waals surface area (Å²) in [5.74, 6) is -0.837. The molecule has 2 amide bonds. The highest BCUT2D eigenvalue weighted by Crippen LogP contribution is 2.31. The first-order valence-corrected chi connectivity index (χ1v) is 15.2. The van der Waals surface area contributed by atoms with Crippen molar-refractivity contribution in [1.29, 1.82) is 0 Å². The average molecular weight is 637 g/mol. The number of unbranched alkanes of at least 4 members (excludes halogenated alkanes) is 1. The molecular formula is C31H46N3O11+. The van der Waals surface area contributed by atoms with Gasteiger partial charge in [-0.25, -0.2) is 0 Å². The standard InChI is InChI=1S/C31H45N3O11/c35-18-25-28(41)29(42)30(43)31(45-25)44-24-9-5-20(17-23(24)38)7-11-26(39)33-14-2-1-12-32-13-3-15-34-27(40)10-6-19-4-8-21(36)22(37)16-19/h4-5,8-9,16-17,25,28-32,35-38,41-43H,1-3,6-7,10-15,18H2,(H,33,39)(H,34,40)/p+1/t25-,28-,29+,30-,31-/m1/s1. The van der Waals surface area contributed by atoms with Crippen molar-refractivity contribution in [3.63, 3.8) is 0 Å². The molecule has 1 aliphatic rings. The predicted octanol–water partition coefficient (Wildman–Crippen LogP) is -1.49. The fourth-order valence-corrected chi connectivity index (χ4v) is 4.79. The zero-order valence-electron chi connectivity index (χ0n) is 25.2. The number of aliphatic hydroxyl groups excluding tert-OH is 4. The van der Waals surface area contributed by atoms with Gasteiger partial charge in [-0.05, 0) is 61.1 Å². The summed E-state index contributed by atoms with van der Waals surface area (Å²) in [4.78, 5) is 24.2. The van der Waals surface area contributed by atoms with Crippen LogP contribution >= 0.6 is 0 Å². The Kier molecular flexibility index (Phi) is 14.6. The van der Waals surface area contributed by atoms with Crippen molar-refractivity contribution in [2.75, 3.05) is 32.8 Å². The van der Waals surface area contributed by atoms with Crippen LogP contribution in [0.15, 0.2) is 36.4 Å². The number of phenols is 3. The number of nitrogens with one attached hydrogen (secondary N) is 2. The minimum Gasteiger partial charge on any atom is -0.504 e. The first kappa shape index (κ1) is 35.8. The van der Waals surface area contributed by atoms with Crippen molar-refractivity contribution < 1.29 is 60.1 Å². The number of rotatable bonds is 18. The Balaban J connectivity index is 1.20. The highest BCUT2D eigenvalue weighted by Gasteiger charge is 2.44. The maximum atomic E-state index is 12.2. The molecule has 0 unspecified atom stereocenters. The van der Waals surface area contributed by atoms with Gasteiger partial charge in [0.25, 0.3) is 0 Å². The molecule has 1 aliphatic heterocycles. The lowest BCUT2D eigenvalue weighted by Gasteiger charge is -2.39. The van der Waals surface area contributed by atoms with Crippen molar-refractivity contribution in [3.8, 4) is 23.0 Å². The molecule has 0 aromatic heterocycles. The number of aryl methyl sites for hydroxylation is 2. The van der Waals surface area contributed by atoms with Crippen LogP contribution in [0, 0.1) is 0 Å². The van der Waals surface area contributed by atoms with Crippen LogP contribution in [-0.2, 0) is 27.2 Å². The van der Waals surface area contributed by atoms with E-state index in [2.05, 4.69) is 16.0 Å². The van der Waals surface area contributed by atoms with E-state index in [1.54, 1.807) is 12.1 Å². The lowest BCUT2D eigenvalue weighted by Crippen LogP contribution is -2.84. The van der Waals surface area contributed by atoms with Crippen molar-refractivity contribution in [1.82, 2.24) is 10.6 Å². The topological polar surface area (TPSA) is 235 Å². The number of aliphatic hydroxyl groups is 4. The summed E-state index contributed by atoms with van der Waals surface area (Å²) in [5, 5.41) is 76.3. The van der Waals surface area contributed by atoms with Gasteiger partial charge in [0.1, 0.15) is 24.4 Å². The zero-order chi connectivity index (χ0) is 32.8. The van der Waals surface area contributed by atoms with E-state index < -0.39 is 37.3 Å². The number of ether oxygens (including phenoxy) is 2. The Labute approximate surface area is 261 Å². The van der Waals surface area contributed by atoms with Crippen LogP contribution in [0.25, 0.3) is 0 Å². The molecule has 45 heavy (non-hydrogen) atoms. The second kappa shape index (κ2) is 18.3. The van der Waals surface area contributed by atoms with Gasteiger partial charge in [0.05, 0.1) is 19.7 Å². The van der Waals surface area contributed by atoms with E-state index in [1.165, 1.54) is 24.3 Å². The van der Waals surface area contributed by atoms with Crippen LogP contribution in [-0.4, -0.2) is 111 Å². The monoisotopic (exact) mass is 636 g/mol. The van der Waals surface area contributed by atoms with Crippen LogP contribution in [0.1, 0.15) is 43.2 Å². The maximum absolute atomic E-state index is 12.2. The molecule has 0 bridgehead atoms. The van der Waals surface area contributed by atoms with Crippen molar-refractivity contribution in [2.45, 2.75) is 75.7 Å². The summed E-state index contributed by atoms with van der Waals surface area (Å²) < 4.78 is 10.8. The summed E-state index contributed by atoms with van der Waals surface area (Å²) in [6.07, 6.45) is -3.29. The molecule has 11 N–H and O–H groups in total. The Morgan fingerprint density at radius 2 is 1.36 bits per heavy atom. The molecule has 5 atom stereocenters. The van der Waals surface area contributed by atoms with E-state index in [9.17, 15) is 45.3 Å². The van der Waals surface area contributed by atoms with Gasteiger partial charge in [-0.1, -0.05) is 12.1 Å². The predicted molar refractivity (Wildman–Crippen MR) is 160 cm³/mol. The quantitative estimate of drug-likeness (QED) is 0.0669. The minimum absolute atomic E-state index is 0.0291. The molecular weight excluding hydrogens is 590 g/mol. The summed E-state index contributed by atoms with van der Waals surface area (Å²) in [6.45, 7) is 2.32. The fraction of sp³-hybridized carbons (Fsp3) is 0.548. The van der Waals surface area contributed by atoms with Crippen LogP contribution in [0.3, 0.4) is 0 Å². The molecule has 250 valence electrons. The molecule has 14 heteroatoms. The molecule has 0 aliphatic carbocycles. The Hall–Kier alpha value is -3.66. The molecule has 1 fully saturated rings. The summed E-state index contributed by atoms with van der Waals surface area (Å²) >= 11 is 0. The molecule has 2 aromatic carbocycles. The van der Waals surface area contributed by atoms with Crippen LogP contribution in [0.2, 0.25) is 0 Å². The molecule has 3 rings (SSSR count). The van der Waals surface area contributed by atoms with E-state index in [0.29, 0.717) is 37.9 Å². The third-order valence-corrected chi connectivity index (χ3v) is 7.50. The Bertz CT molecular complexity index is 1230. The number of carbonyl (C=O) groups is 2. The number of phenolic OH excluding ortho intramolecular Hbond substituents is 3. The number of hydrogen-bond acceptors (Lipinski definition) is 11. The van der Waals surface area contributed by atoms with Crippen LogP contribution < -0.4 is 20.7 Å². The maximum Gasteiger partial charge on any atom is 0.229 e. The molecule has 1 saturated heterocycles. The van der Waals surface area contributed by atoms with Crippen molar-refractivity contribution in [3.05, 3.63) is 47.5 Å². The molecule has 2 aromatic rings. The largest absolute Gasteiger partial charge is 0.504 e. The molecule has 0 saturated carbocycles. The lowest BCUT2D eigenvalue weighted by atomic mass is 9.99. The number of benzene rings is 2. The van der Waals surface area contributed by atoms with Gasteiger partial charge in [-0.2, -0.15) is 0 Å². The van der Waals surface area contributed by atoms with Gasteiger partial charge in [0, 0.05) is 32.4 Å². The second-order valence-electron chi connectivity index (χ2n) is 11.1. The summed E-state index contributed by atoms with van der Waals surface area (Å²) in [5.41, 5.74) is 1.47. The number of quaternary nitrogens is 1. The number of carbonyl (C=O) groups excluding carboxylic acids is 2. The molecule has 0 radical (unpaired) electrons. The van der Waals surface area contributed by atoms with Gasteiger partial charge < -0.3 is 61.2 Å². The third-order valence-electron chi connectivity index (χ3n) is 7.50. The Morgan fingerprint density at radius 1 is 0.756 bits per heavy atom.